The van der Waals surface area contributed by atoms with E-state index in [4.69, 9.17) is 5.73 Å². The molecule has 0 atom stereocenters. The summed E-state index contributed by atoms with van der Waals surface area (Å²) in [5.74, 6) is -1.70. The van der Waals surface area contributed by atoms with Crippen molar-refractivity contribution in [3.05, 3.63) is 22.2 Å². The van der Waals surface area contributed by atoms with E-state index in [1.165, 1.54) is 0 Å². The molecule has 0 spiro atoms. The van der Waals surface area contributed by atoms with Crippen molar-refractivity contribution in [1.82, 2.24) is 4.98 Å². The Balaban J connectivity index is 3.18. The molecule has 8 heteroatoms. The molecule has 3 nitrogen and oxygen atoms in total. The number of aromatic nitrogens is 1. The molecule has 0 bridgehead atoms. The summed E-state index contributed by atoms with van der Waals surface area (Å²) in [6, 6.07) is 0. The molecule has 0 aliphatic heterocycles. The lowest BCUT2D eigenvalue weighted by Gasteiger charge is -2.13. The summed E-state index contributed by atoms with van der Waals surface area (Å²) >= 11 is 2.63. The van der Waals surface area contributed by atoms with Crippen LogP contribution in [0.3, 0.4) is 0 Å². The van der Waals surface area contributed by atoms with E-state index >= 15 is 0 Å². The van der Waals surface area contributed by atoms with E-state index in [0.29, 0.717) is 0 Å². The lowest BCUT2D eigenvalue weighted by molar-refractivity contribution is -0.275. The van der Waals surface area contributed by atoms with Gasteiger partial charge in [-0.3, -0.25) is 4.98 Å². The van der Waals surface area contributed by atoms with Gasteiger partial charge in [0.15, 0.2) is 11.6 Å². The number of hydrogen-bond acceptors (Lipinski definition) is 3. The molecule has 84 valence electrons. The van der Waals surface area contributed by atoms with E-state index in [1.54, 1.807) is 0 Å². The quantitative estimate of drug-likeness (QED) is 0.850. The number of halogens is 5. The predicted octanol–water partition coefficient (Wildman–Crippen LogP) is 2.34. The first-order valence-electron chi connectivity index (χ1n) is 3.64. The molecule has 1 aromatic heterocycles. The van der Waals surface area contributed by atoms with Crippen LogP contribution in [0.2, 0.25) is 0 Å². The van der Waals surface area contributed by atoms with Gasteiger partial charge < -0.3 is 10.5 Å². The zero-order chi connectivity index (χ0) is 11.6. The summed E-state index contributed by atoms with van der Waals surface area (Å²) in [5.41, 5.74) is 4.96. The van der Waals surface area contributed by atoms with Gasteiger partial charge >= 0.3 is 6.36 Å². The Morgan fingerprint density at radius 3 is 2.53 bits per heavy atom. The van der Waals surface area contributed by atoms with Gasteiger partial charge in [0.2, 0.25) is 0 Å². The molecular weight excluding hydrogens is 284 g/mol. The minimum absolute atomic E-state index is 0.180. The smallest absolute Gasteiger partial charge is 0.402 e. The first kappa shape index (κ1) is 12.2. The second-order valence-electron chi connectivity index (χ2n) is 2.45. The fraction of sp³-hybridized carbons (Fsp3) is 0.286. The van der Waals surface area contributed by atoms with E-state index in [2.05, 4.69) is 25.7 Å². The Kier molecular flexibility index (Phi) is 3.50. The van der Waals surface area contributed by atoms with E-state index in [0.717, 1.165) is 6.20 Å². The van der Waals surface area contributed by atoms with Crippen LogP contribution in [-0.2, 0) is 6.54 Å². The van der Waals surface area contributed by atoms with E-state index in [9.17, 15) is 17.6 Å². The molecule has 0 saturated heterocycles. The van der Waals surface area contributed by atoms with Gasteiger partial charge in [-0.25, -0.2) is 4.39 Å². The number of nitrogens with zero attached hydrogens (tertiary/aromatic N) is 1. The monoisotopic (exact) mass is 288 g/mol. The van der Waals surface area contributed by atoms with Crippen molar-refractivity contribution < 1.29 is 22.3 Å². The van der Waals surface area contributed by atoms with Crippen LogP contribution in [0.15, 0.2) is 10.7 Å². The van der Waals surface area contributed by atoms with Crippen LogP contribution in [0.1, 0.15) is 5.69 Å². The molecule has 0 saturated carbocycles. The molecule has 0 aliphatic rings. The summed E-state index contributed by atoms with van der Waals surface area (Å²) in [4.78, 5) is 3.39. The van der Waals surface area contributed by atoms with Gasteiger partial charge in [0, 0.05) is 6.54 Å². The highest BCUT2D eigenvalue weighted by atomic mass is 79.9. The standard InChI is InChI=1S/C7H5BrF4N2O/c8-5-3(9)2-14-4(1-13)6(5)15-7(10,11)12/h2H,1,13H2. The fourth-order valence-corrected chi connectivity index (χ4v) is 1.26. The van der Waals surface area contributed by atoms with Crippen molar-refractivity contribution >= 4 is 15.9 Å². The Morgan fingerprint density at radius 1 is 1.47 bits per heavy atom. The topological polar surface area (TPSA) is 48.1 Å². The van der Waals surface area contributed by atoms with Gasteiger partial charge in [-0.15, -0.1) is 13.2 Å². The van der Waals surface area contributed by atoms with Crippen LogP contribution < -0.4 is 10.5 Å². The third kappa shape index (κ3) is 3.03. The average Bonchev–Trinajstić information content (AvgIpc) is 2.11. The number of hydrogen-bond donors (Lipinski definition) is 1. The third-order valence-corrected chi connectivity index (χ3v) is 2.15. The van der Waals surface area contributed by atoms with E-state index in [-0.39, 0.29) is 12.2 Å². The Hall–Kier alpha value is -0.890. The molecule has 0 aromatic carbocycles. The van der Waals surface area contributed by atoms with Crippen molar-refractivity contribution in [1.29, 1.82) is 0 Å². The van der Waals surface area contributed by atoms with Crippen LogP contribution in [0, 0.1) is 5.82 Å². The Bertz CT molecular complexity index is 369. The van der Waals surface area contributed by atoms with Crippen molar-refractivity contribution in [3.63, 3.8) is 0 Å². The van der Waals surface area contributed by atoms with Gasteiger partial charge in [-0.1, -0.05) is 0 Å². The van der Waals surface area contributed by atoms with Gasteiger partial charge in [0.1, 0.15) is 0 Å². The Morgan fingerprint density at radius 2 is 2.07 bits per heavy atom. The van der Waals surface area contributed by atoms with Crippen molar-refractivity contribution in [2.45, 2.75) is 12.9 Å². The molecule has 0 radical (unpaired) electrons. The van der Waals surface area contributed by atoms with Gasteiger partial charge in [-0.05, 0) is 15.9 Å². The lowest BCUT2D eigenvalue weighted by Crippen LogP contribution is -2.20. The summed E-state index contributed by atoms with van der Waals surface area (Å²) in [6.07, 6.45) is -4.16. The van der Waals surface area contributed by atoms with Crippen LogP contribution in [0.25, 0.3) is 0 Å². The van der Waals surface area contributed by atoms with Crippen molar-refractivity contribution in [3.8, 4) is 5.75 Å². The molecule has 15 heavy (non-hydrogen) atoms. The number of pyridine rings is 1. The predicted molar refractivity (Wildman–Crippen MR) is 46.5 cm³/mol. The normalized spacial score (nSPS) is 11.6. The zero-order valence-corrected chi connectivity index (χ0v) is 8.69. The minimum atomic E-state index is -4.91. The Labute approximate surface area is 90.4 Å². The first-order chi connectivity index (χ1) is 6.85. The van der Waals surface area contributed by atoms with Crippen LogP contribution in [0.5, 0.6) is 5.75 Å². The average molecular weight is 289 g/mol. The highest BCUT2D eigenvalue weighted by Crippen LogP contribution is 2.34. The van der Waals surface area contributed by atoms with Crippen molar-refractivity contribution in [2.75, 3.05) is 0 Å². The van der Waals surface area contributed by atoms with Crippen molar-refractivity contribution in [2.24, 2.45) is 5.73 Å². The maximum atomic E-state index is 12.9. The minimum Gasteiger partial charge on any atom is -0.402 e. The van der Waals surface area contributed by atoms with Crippen LogP contribution >= 0.6 is 15.9 Å². The van der Waals surface area contributed by atoms with Crippen LogP contribution in [0.4, 0.5) is 17.6 Å². The molecule has 0 fully saturated rings. The molecule has 0 amide bonds. The number of ether oxygens (including phenoxy) is 1. The first-order valence-corrected chi connectivity index (χ1v) is 4.43. The maximum absolute atomic E-state index is 12.9. The fourth-order valence-electron chi connectivity index (χ4n) is 0.850. The summed E-state index contributed by atoms with van der Waals surface area (Å²) in [5, 5.41) is 0. The second kappa shape index (κ2) is 4.31. The molecule has 1 heterocycles. The molecule has 2 N–H and O–H groups in total. The molecule has 0 aliphatic carbocycles. The number of rotatable bonds is 2. The van der Waals surface area contributed by atoms with Crippen LogP contribution in [-0.4, -0.2) is 11.3 Å². The molecule has 0 unspecified atom stereocenters. The third-order valence-electron chi connectivity index (χ3n) is 1.42. The highest BCUT2D eigenvalue weighted by molar-refractivity contribution is 9.10. The van der Waals surface area contributed by atoms with Gasteiger partial charge in [0.05, 0.1) is 16.4 Å². The summed E-state index contributed by atoms with van der Waals surface area (Å²) in [6.45, 7) is -0.287. The second-order valence-corrected chi connectivity index (χ2v) is 3.24. The van der Waals surface area contributed by atoms with E-state index in [1.807, 2.05) is 0 Å². The maximum Gasteiger partial charge on any atom is 0.573 e. The largest absolute Gasteiger partial charge is 0.573 e. The van der Waals surface area contributed by atoms with Gasteiger partial charge in [0.25, 0.3) is 0 Å². The molecule has 1 rings (SSSR count). The molecular formula is C7H5BrF4N2O. The summed E-state index contributed by atoms with van der Waals surface area (Å²) < 4.78 is 51.8. The highest BCUT2D eigenvalue weighted by Gasteiger charge is 2.34. The SMILES string of the molecule is NCc1ncc(F)c(Br)c1OC(F)(F)F. The number of nitrogens with two attached hydrogens (primary N) is 1. The zero-order valence-electron chi connectivity index (χ0n) is 7.11. The summed E-state index contributed by atoms with van der Waals surface area (Å²) in [7, 11) is 0. The lowest BCUT2D eigenvalue weighted by atomic mass is 10.3. The van der Waals surface area contributed by atoms with Gasteiger partial charge in [-0.2, -0.15) is 0 Å². The van der Waals surface area contributed by atoms with E-state index < -0.39 is 22.4 Å². The number of alkyl halides is 3. The molecule has 1 aromatic rings.